The highest BCUT2D eigenvalue weighted by Gasteiger charge is 2.24. The molecular formula is C33H29N3O. The lowest BCUT2D eigenvalue weighted by Gasteiger charge is -2.27. The van der Waals surface area contributed by atoms with Gasteiger partial charge in [-0.1, -0.05) is 63.2 Å². The van der Waals surface area contributed by atoms with Crippen LogP contribution in [0.2, 0.25) is 0 Å². The van der Waals surface area contributed by atoms with E-state index in [0.717, 1.165) is 50.9 Å². The summed E-state index contributed by atoms with van der Waals surface area (Å²) in [6.45, 7) is 7.19. The lowest BCUT2D eigenvalue weighted by atomic mass is 9.87. The van der Waals surface area contributed by atoms with Crippen LogP contribution in [0.15, 0.2) is 109 Å². The third kappa shape index (κ3) is 4.47. The van der Waals surface area contributed by atoms with Gasteiger partial charge in [-0.15, -0.1) is 0 Å². The molecule has 3 aromatic carbocycles. The van der Waals surface area contributed by atoms with Crippen molar-refractivity contribution in [2.75, 3.05) is 4.90 Å². The van der Waals surface area contributed by atoms with E-state index in [-0.39, 0.29) is 5.41 Å². The second-order valence-corrected chi connectivity index (χ2v) is 10.4. The van der Waals surface area contributed by atoms with E-state index in [1.54, 1.807) is 0 Å². The zero-order valence-corrected chi connectivity index (χ0v) is 21.3. The highest BCUT2D eigenvalue weighted by molar-refractivity contribution is 5.86. The van der Waals surface area contributed by atoms with Gasteiger partial charge in [0.05, 0.1) is 22.8 Å². The maximum atomic E-state index is 6.27. The van der Waals surface area contributed by atoms with Crippen molar-refractivity contribution in [3.8, 4) is 28.3 Å². The molecule has 0 radical (unpaired) electrons. The molecule has 182 valence electrons. The minimum absolute atomic E-state index is 0.0528. The fourth-order valence-electron chi connectivity index (χ4n) is 4.77. The van der Waals surface area contributed by atoms with Gasteiger partial charge in [0, 0.05) is 34.8 Å². The monoisotopic (exact) mass is 483 g/mol. The Morgan fingerprint density at radius 1 is 0.676 bits per heavy atom. The summed E-state index contributed by atoms with van der Waals surface area (Å²) in [6.07, 6.45) is 3.74. The van der Waals surface area contributed by atoms with Crippen LogP contribution in [-0.4, -0.2) is 9.97 Å². The van der Waals surface area contributed by atoms with Crippen LogP contribution in [0.3, 0.4) is 0 Å². The number of para-hydroxylation sites is 2. The molecule has 0 saturated heterocycles. The number of benzene rings is 3. The lowest BCUT2D eigenvalue weighted by molar-refractivity contribution is 0.310. The van der Waals surface area contributed by atoms with Gasteiger partial charge in [0.1, 0.15) is 12.4 Å². The Labute approximate surface area is 218 Å². The summed E-state index contributed by atoms with van der Waals surface area (Å²) < 4.78 is 6.27. The standard InChI is InChI=1S/C33H29N3O/c1-33(2,3)26-16-18-35-29(21-26)23-9-8-10-27(19-23)36-30-12-4-5-13-32(30)37-22-25-15-14-24(20-31(25)36)28-11-6-7-17-34-28/h4-21H,22H2,1-3H3. The van der Waals surface area contributed by atoms with Crippen molar-refractivity contribution in [1.29, 1.82) is 0 Å². The molecule has 0 saturated carbocycles. The Kier molecular flexibility index (Phi) is 5.72. The maximum absolute atomic E-state index is 6.27. The predicted octanol–water partition coefficient (Wildman–Crippen LogP) is 8.47. The zero-order chi connectivity index (χ0) is 25.4. The Balaban J connectivity index is 1.52. The molecule has 3 heterocycles. The summed E-state index contributed by atoms with van der Waals surface area (Å²) in [5.41, 5.74) is 9.64. The van der Waals surface area contributed by atoms with Gasteiger partial charge in [-0.25, -0.2) is 0 Å². The molecule has 1 aliphatic rings. The van der Waals surface area contributed by atoms with Gasteiger partial charge in [0.25, 0.3) is 0 Å². The highest BCUT2D eigenvalue weighted by atomic mass is 16.5. The number of aromatic nitrogens is 2. The normalized spacial score (nSPS) is 12.8. The second kappa shape index (κ2) is 9.21. The molecule has 37 heavy (non-hydrogen) atoms. The first kappa shape index (κ1) is 23.0. The van der Waals surface area contributed by atoms with Gasteiger partial charge in [-0.3, -0.25) is 9.97 Å². The van der Waals surface area contributed by atoms with Gasteiger partial charge in [-0.05, 0) is 65.6 Å². The molecule has 0 fully saturated rings. The van der Waals surface area contributed by atoms with E-state index >= 15 is 0 Å². The molecule has 4 heteroatoms. The molecule has 0 amide bonds. The molecule has 6 rings (SSSR count). The van der Waals surface area contributed by atoms with Crippen LogP contribution in [0, 0.1) is 0 Å². The smallest absolute Gasteiger partial charge is 0.143 e. The predicted molar refractivity (Wildman–Crippen MR) is 151 cm³/mol. The quantitative estimate of drug-likeness (QED) is 0.258. The van der Waals surface area contributed by atoms with Crippen LogP contribution >= 0.6 is 0 Å². The van der Waals surface area contributed by atoms with Crippen LogP contribution in [0.5, 0.6) is 5.75 Å². The third-order valence-electron chi connectivity index (χ3n) is 6.80. The molecule has 1 aliphatic heterocycles. The average molecular weight is 484 g/mol. The number of anilines is 3. The van der Waals surface area contributed by atoms with Crippen molar-refractivity contribution >= 4 is 17.1 Å². The van der Waals surface area contributed by atoms with Crippen LogP contribution in [0.4, 0.5) is 17.1 Å². The molecule has 0 bridgehead atoms. The lowest BCUT2D eigenvalue weighted by Crippen LogP contribution is -2.12. The highest BCUT2D eigenvalue weighted by Crippen LogP contribution is 2.46. The summed E-state index contributed by atoms with van der Waals surface area (Å²) >= 11 is 0. The summed E-state index contributed by atoms with van der Waals surface area (Å²) in [4.78, 5) is 11.6. The van der Waals surface area contributed by atoms with Gasteiger partial charge >= 0.3 is 0 Å². The number of ether oxygens (including phenoxy) is 1. The molecule has 0 spiro atoms. The fraction of sp³-hybridized carbons (Fsp3) is 0.152. The van der Waals surface area contributed by atoms with Crippen LogP contribution in [0.25, 0.3) is 22.5 Å². The number of fused-ring (bicyclic) bond motifs is 2. The Hall–Kier alpha value is -4.44. The first-order valence-electron chi connectivity index (χ1n) is 12.6. The Bertz CT molecular complexity index is 1570. The third-order valence-corrected chi connectivity index (χ3v) is 6.80. The molecule has 0 unspecified atom stereocenters. The SMILES string of the molecule is CC(C)(C)c1ccnc(-c2cccc(N3c4cc(-c5ccccn5)ccc4COc4ccccc43)c2)c1. The van der Waals surface area contributed by atoms with Crippen LogP contribution in [0.1, 0.15) is 31.9 Å². The number of rotatable bonds is 3. The van der Waals surface area contributed by atoms with Crippen molar-refractivity contribution in [2.24, 2.45) is 0 Å². The van der Waals surface area contributed by atoms with E-state index in [1.807, 2.05) is 42.7 Å². The van der Waals surface area contributed by atoms with E-state index in [4.69, 9.17) is 9.72 Å². The topological polar surface area (TPSA) is 38.2 Å². The molecular weight excluding hydrogens is 454 g/mol. The van der Waals surface area contributed by atoms with Crippen LogP contribution < -0.4 is 9.64 Å². The molecule has 5 aromatic rings. The van der Waals surface area contributed by atoms with E-state index < -0.39 is 0 Å². The zero-order valence-electron chi connectivity index (χ0n) is 21.3. The molecule has 0 atom stereocenters. The number of pyridine rings is 2. The average Bonchev–Trinajstić information content (AvgIpc) is 3.10. The van der Waals surface area contributed by atoms with Crippen molar-refractivity contribution in [3.63, 3.8) is 0 Å². The molecule has 4 nitrogen and oxygen atoms in total. The van der Waals surface area contributed by atoms with Crippen molar-refractivity contribution in [3.05, 3.63) is 121 Å². The number of hydrogen-bond acceptors (Lipinski definition) is 4. The Morgan fingerprint density at radius 3 is 2.32 bits per heavy atom. The summed E-state index contributed by atoms with van der Waals surface area (Å²) in [7, 11) is 0. The second-order valence-electron chi connectivity index (χ2n) is 10.4. The van der Waals surface area contributed by atoms with Crippen molar-refractivity contribution < 1.29 is 4.74 Å². The fourth-order valence-corrected chi connectivity index (χ4v) is 4.77. The molecule has 0 aliphatic carbocycles. The first-order chi connectivity index (χ1) is 18.0. The van der Waals surface area contributed by atoms with Crippen molar-refractivity contribution in [1.82, 2.24) is 9.97 Å². The molecule has 0 N–H and O–H groups in total. The Morgan fingerprint density at radius 2 is 1.49 bits per heavy atom. The first-order valence-corrected chi connectivity index (χ1v) is 12.6. The summed E-state index contributed by atoms with van der Waals surface area (Å²) in [6, 6.07) is 33.6. The van der Waals surface area contributed by atoms with Crippen LogP contribution in [-0.2, 0) is 12.0 Å². The minimum Gasteiger partial charge on any atom is -0.487 e. The number of hydrogen-bond donors (Lipinski definition) is 0. The van der Waals surface area contributed by atoms with E-state index in [2.05, 4.69) is 97.4 Å². The minimum atomic E-state index is 0.0528. The van der Waals surface area contributed by atoms with Crippen molar-refractivity contribution in [2.45, 2.75) is 32.8 Å². The van der Waals surface area contributed by atoms with E-state index in [1.165, 1.54) is 5.56 Å². The van der Waals surface area contributed by atoms with E-state index in [9.17, 15) is 0 Å². The summed E-state index contributed by atoms with van der Waals surface area (Å²) in [5, 5.41) is 0. The van der Waals surface area contributed by atoms with E-state index in [0.29, 0.717) is 6.61 Å². The maximum Gasteiger partial charge on any atom is 0.143 e. The summed E-state index contributed by atoms with van der Waals surface area (Å²) in [5.74, 6) is 0.858. The van der Waals surface area contributed by atoms with Gasteiger partial charge in [0.15, 0.2) is 0 Å². The van der Waals surface area contributed by atoms with Gasteiger partial charge < -0.3 is 9.64 Å². The van der Waals surface area contributed by atoms with Gasteiger partial charge in [-0.2, -0.15) is 0 Å². The van der Waals surface area contributed by atoms with Gasteiger partial charge in [0.2, 0.25) is 0 Å². The largest absolute Gasteiger partial charge is 0.487 e. The molecule has 2 aromatic heterocycles. The number of nitrogens with zero attached hydrogens (tertiary/aromatic N) is 3.